The van der Waals surface area contributed by atoms with Crippen molar-refractivity contribution < 1.29 is 13.6 Å². The summed E-state index contributed by atoms with van der Waals surface area (Å²) in [6.45, 7) is 1.74. The van der Waals surface area contributed by atoms with Crippen LogP contribution < -0.4 is 5.32 Å². The van der Waals surface area contributed by atoms with Gasteiger partial charge in [0.1, 0.15) is 11.6 Å². The van der Waals surface area contributed by atoms with E-state index in [9.17, 15) is 13.6 Å². The Balaban J connectivity index is 2.37. The summed E-state index contributed by atoms with van der Waals surface area (Å²) in [5, 5.41) is 2.62. The fraction of sp³-hybridized carbons (Fsp3) is 0.300. The number of amides is 1. The number of hydrogen-bond acceptors (Lipinski definition) is 1. The molecule has 1 unspecified atom stereocenters. The molecule has 1 aromatic carbocycles. The number of carbonyl (C=O) groups is 1. The summed E-state index contributed by atoms with van der Waals surface area (Å²) in [6, 6.07) is 3.29. The van der Waals surface area contributed by atoms with Gasteiger partial charge >= 0.3 is 0 Å². The third-order valence-electron chi connectivity index (χ3n) is 2.43. The molecule has 14 heavy (non-hydrogen) atoms. The molecule has 0 spiro atoms. The van der Waals surface area contributed by atoms with Crippen molar-refractivity contribution in [1.82, 2.24) is 5.32 Å². The molecule has 1 aromatic rings. The molecule has 1 saturated heterocycles. The van der Waals surface area contributed by atoms with Crippen LogP contribution >= 0.6 is 0 Å². The minimum Gasteiger partial charge on any atom is -0.346 e. The zero-order chi connectivity index (χ0) is 10.3. The van der Waals surface area contributed by atoms with E-state index >= 15 is 0 Å². The molecule has 0 bridgehead atoms. The van der Waals surface area contributed by atoms with Crippen LogP contribution in [0.4, 0.5) is 8.78 Å². The van der Waals surface area contributed by atoms with Crippen LogP contribution in [-0.2, 0) is 10.3 Å². The summed E-state index contributed by atoms with van der Waals surface area (Å²) in [4.78, 5) is 10.8. The van der Waals surface area contributed by atoms with Crippen molar-refractivity contribution in [2.75, 3.05) is 0 Å². The molecule has 1 heterocycles. The van der Waals surface area contributed by atoms with E-state index in [4.69, 9.17) is 0 Å². The summed E-state index contributed by atoms with van der Waals surface area (Å²) in [5.74, 6) is -1.35. The molecule has 0 radical (unpaired) electrons. The van der Waals surface area contributed by atoms with Crippen LogP contribution in [0.25, 0.3) is 0 Å². The first-order chi connectivity index (χ1) is 6.49. The van der Waals surface area contributed by atoms with Crippen molar-refractivity contribution in [1.29, 1.82) is 0 Å². The summed E-state index contributed by atoms with van der Waals surface area (Å²) in [6.07, 6.45) is 0.274. The maximum Gasteiger partial charge on any atom is 0.223 e. The average Bonchev–Trinajstić information content (AvgIpc) is 1.99. The monoisotopic (exact) mass is 197 g/mol. The first-order valence-corrected chi connectivity index (χ1v) is 4.27. The van der Waals surface area contributed by atoms with Gasteiger partial charge in [-0.25, -0.2) is 8.78 Å². The minimum atomic E-state index is -0.623. The molecule has 0 aromatic heterocycles. The lowest BCUT2D eigenvalue weighted by atomic mass is 9.82. The second kappa shape index (κ2) is 2.77. The van der Waals surface area contributed by atoms with Crippen molar-refractivity contribution in [2.24, 2.45) is 0 Å². The molecule has 1 atom stereocenters. The van der Waals surface area contributed by atoms with Crippen LogP contribution in [0.5, 0.6) is 0 Å². The van der Waals surface area contributed by atoms with E-state index in [0.29, 0.717) is 5.56 Å². The Morgan fingerprint density at radius 3 is 2.21 bits per heavy atom. The molecule has 1 amide bonds. The number of nitrogens with one attached hydrogen (secondary N) is 1. The number of halogens is 2. The fourth-order valence-electron chi connectivity index (χ4n) is 1.66. The van der Waals surface area contributed by atoms with Gasteiger partial charge in [0.05, 0.1) is 12.0 Å². The van der Waals surface area contributed by atoms with Gasteiger partial charge in [-0.15, -0.1) is 0 Å². The molecule has 1 fully saturated rings. The van der Waals surface area contributed by atoms with Gasteiger partial charge in [0.15, 0.2) is 0 Å². The van der Waals surface area contributed by atoms with Crippen LogP contribution in [0.1, 0.15) is 18.9 Å². The first kappa shape index (κ1) is 9.12. The lowest BCUT2D eigenvalue weighted by Gasteiger charge is -2.39. The lowest BCUT2D eigenvalue weighted by Crippen LogP contribution is -2.56. The quantitative estimate of drug-likeness (QED) is 0.682. The van der Waals surface area contributed by atoms with Gasteiger partial charge in [-0.3, -0.25) is 4.79 Å². The first-order valence-electron chi connectivity index (χ1n) is 4.27. The van der Waals surface area contributed by atoms with Gasteiger partial charge in [-0.05, 0) is 24.6 Å². The van der Waals surface area contributed by atoms with E-state index in [0.717, 1.165) is 6.07 Å². The number of carbonyl (C=O) groups excluding carboxylic acids is 1. The molecule has 0 saturated carbocycles. The molecular weight excluding hydrogens is 188 g/mol. The van der Waals surface area contributed by atoms with E-state index in [1.165, 1.54) is 12.1 Å². The molecular formula is C10H9F2NO. The van der Waals surface area contributed by atoms with Crippen molar-refractivity contribution in [2.45, 2.75) is 18.9 Å². The van der Waals surface area contributed by atoms with Crippen molar-refractivity contribution in [3.05, 3.63) is 35.4 Å². The van der Waals surface area contributed by atoms with Crippen LogP contribution in [0.15, 0.2) is 18.2 Å². The standard InChI is InChI=1S/C10H9F2NO/c1-10(5-9(14)13-10)6-2-7(11)4-8(12)3-6/h2-4H,5H2,1H3,(H,13,14). The summed E-state index contributed by atoms with van der Waals surface area (Å²) in [7, 11) is 0. The topological polar surface area (TPSA) is 29.1 Å². The molecule has 4 heteroatoms. The maximum atomic E-state index is 12.9. The third-order valence-corrected chi connectivity index (χ3v) is 2.43. The predicted molar refractivity (Wildman–Crippen MR) is 46.5 cm³/mol. The summed E-state index contributed by atoms with van der Waals surface area (Å²) < 4.78 is 25.7. The Bertz CT molecular complexity index is 375. The van der Waals surface area contributed by atoms with E-state index in [-0.39, 0.29) is 12.3 Å². The van der Waals surface area contributed by atoms with Gasteiger partial charge in [0.25, 0.3) is 0 Å². The average molecular weight is 197 g/mol. The number of hydrogen-bond donors (Lipinski definition) is 1. The van der Waals surface area contributed by atoms with Crippen LogP contribution in [0.2, 0.25) is 0 Å². The van der Waals surface area contributed by atoms with Crippen molar-refractivity contribution >= 4 is 5.91 Å². The molecule has 1 aliphatic rings. The summed E-state index contributed by atoms with van der Waals surface area (Å²) in [5.41, 5.74) is -0.144. The van der Waals surface area contributed by atoms with E-state index in [2.05, 4.69) is 5.32 Å². The zero-order valence-electron chi connectivity index (χ0n) is 7.60. The Kier molecular flexibility index (Phi) is 1.80. The summed E-state index contributed by atoms with van der Waals surface area (Å²) >= 11 is 0. The lowest BCUT2D eigenvalue weighted by molar-refractivity contribution is -0.132. The number of benzene rings is 1. The predicted octanol–water partition coefficient (Wildman–Crippen LogP) is 1.70. The molecule has 1 N–H and O–H groups in total. The Labute approximate surface area is 79.9 Å². The molecule has 2 nitrogen and oxygen atoms in total. The highest BCUT2D eigenvalue weighted by molar-refractivity contribution is 5.85. The second-order valence-electron chi connectivity index (χ2n) is 3.72. The Morgan fingerprint density at radius 2 is 1.79 bits per heavy atom. The highest BCUT2D eigenvalue weighted by Crippen LogP contribution is 2.32. The zero-order valence-corrected chi connectivity index (χ0v) is 7.60. The largest absolute Gasteiger partial charge is 0.346 e. The third kappa shape index (κ3) is 1.36. The van der Waals surface area contributed by atoms with Gasteiger partial charge < -0.3 is 5.32 Å². The van der Waals surface area contributed by atoms with Crippen LogP contribution in [-0.4, -0.2) is 5.91 Å². The van der Waals surface area contributed by atoms with Crippen LogP contribution in [0, 0.1) is 11.6 Å². The molecule has 0 aliphatic carbocycles. The van der Waals surface area contributed by atoms with E-state index < -0.39 is 17.2 Å². The highest BCUT2D eigenvalue weighted by Gasteiger charge is 2.40. The normalized spacial score (nSPS) is 25.5. The van der Waals surface area contributed by atoms with Crippen molar-refractivity contribution in [3.8, 4) is 0 Å². The Hall–Kier alpha value is -1.45. The van der Waals surface area contributed by atoms with Gasteiger partial charge in [-0.2, -0.15) is 0 Å². The molecule has 2 rings (SSSR count). The van der Waals surface area contributed by atoms with Gasteiger partial charge in [0.2, 0.25) is 5.91 Å². The fourth-order valence-corrected chi connectivity index (χ4v) is 1.66. The van der Waals surface area contributed by atoms with E-state index in [1.807, 2.05) is 0 Å². The number of β-lactam (4-membered cyclic amide) rings is 1. The molecule has 74 valence electrons. The van der Waals surface area contributed by atoms with Gasteiger partial charge in [0, 0.05) is 6.07 Å². The Morgan fingerprint density at radius 1 is 1.29 bits per heavy atom. The van der Waals surface area contributed by atoms with Crippen LogP contribution in [0.3, 0.4) is 0 Å². The van der Waals surface area contributed by atoms with E-state index in [1.54, 1.807) is 6.92 Å². The van der Waals surface area contributed by atoms with Crippen molar-refractivity contribution in [3.63, 3.8) is 0 Å². The smallest absolute Gasteiger partial charge is 0.223 e. The van der Waals surface area contributed by atoms with Gasteiger partial charge in [-0.1, -0.05) is 0 Å². The highest BCUT2D eigenvalue weighted by atomic mass is 19.1. The minimum absolute atomic E-state index is 0.0998. The molecule has 1 aliphatic heterocycles. The number of rotatable bonds is 1. The SMILES string of the molecule is CC1(c2cc(F)cc(F)c2)CC(=O)N1. The second-order valence-corrected chi connectivity index (χ2v) is 3.72. The maximum absolute atomic E-state index is 12.9.